The van der Waals surface area contributed by atoms with Gasteiger partial charge in [-0.3, -0.25) is 14.3 Å². The van der Waals surface area contributed by atoms with Crippen LogP contribution in [0.25, 0.3) is 0 Å². The number of terminal acetylenes is 1. The first kappa shape index (κ1) is 11.4. The average Bonchev–Trinajstić information content (AvgIpc) is 2.77. The van der Waals surface area contributed by atoms with Crippen molar-refractivity contribution < 1.29 is 5.11 Å². The van der Waals surface area contributed by atoms with Gasteiger partial charge in [0.25, 0.3) is 5.56 Å². The molecule has 1 heterocycles. The largest absolute Gasteiger partial charge is 0.396 e. The number of hydrogen-bond acceptors (Lipinski definition) is 3. The fourth-order valence-electron chi connectivity index (χ4n) is 2.00. The van der Waals surface area contributed by atoms with Crippen molar-refractivity contribution in [3.8, 4) is 12.3 Å². The molecule has 2 rings (SSSR count). The van der Waals surface area contributed by atoms with Gasteiger partial charge >= 0.3 is 5.69 Å². The molecule has 1 aliphatic rings. The van der Waals surface area contributed by atoms with Crippen LogP contribution in [0.2, 0.25) is 0 Å². The zero-order valence-electron chi connectivity index (χ0n) is 9.09. The van der Waals surface area contributed by atoms with Crippen LogP contribution in [-0.2, 0) is 0 Å². The third-order valence-corrected chi connectivity index (χ3v) is 2.93. The van der Waals surface area contributed by atoms with Crippen molar-refractivity contribution in [1.82, 2.24) is 9.55 Å². The molecule has 0 amide bonds. The molecule has 0 radical (unpaired) electrons. The van der Waals surface area contributed by atoms with E-state index in [0.29, 0.717) is 6.42 Å². The summed E-state index contributed by atoms with van der Waals surface area (Å²) in [6.45, 7) is -0.0192. The van der Waals surface area contributed by atoms with Crippen LogP contribution in [0.5, 0.6) is 0 Å². The van der Waals surface area contributed by atoms with Gasteiger partial charge in [-0.1, -0.05) is 18.1 Å². The Morgan fingerprint density at radius 1 is 1.59 bits per heavy atom. The molecule has 0 aliphatic heterocycles. The summed E-state index contributed by atoms with van der Waals surface area (Å²) in [4.78, 5) is 25.2. The molecule has 0 saturated carbocycles. The number of nitrogens with zero attached hydrogens (tertiary/aromatic N) is 1. The van der Waals surface area contributed by atoms with E-state index in [1.807, 2.05) is 12.2 Å². The molecule has 0 saturated heterocycles. The molecule has 2 N–H and O–H groups in total. The Bertz CT molecular complexity index is 603. The molecular weight excluding hydrogens is 220 g/mol. The molecule has 0 unspecified atom stereocenters. The summed E-state index contributed by atoms with van der Waals surface area (Å²) in [5, 5.41) is 9.20. The molecule has 1 aromatic heterocycles. The van der Waals surface area contributed by atoms with Crippen molar-refractivity contribution in [1.29, 1.82) is 0 Å². The Morgan fingerprint density at radius 3 is 3.00 bits per heavy atom. The van der Waals surface area contributed by atoms with Crippen molar-refractivity contribution in [2.75, 3.05) is 6.61 Å². The second-order valence-electron chi connectivity index (χ2n) is 3.95. The zero-order chi connectivity index (χ0) is 12.4. The van der Waals surface area contributed by atoms with Crippen LogP contribution in [-0.4, -0.2) is 21.3 Å². The van der Waals surface area contributed by atoms with Gasteiger partial charge in [0.1, 0.15) is 5.56 Å². The lowest BCUT2D eigenvalue weighted by molar-refractivity contribution is 0.202. The van der Waals surface area contributed by atoms with Crippen LogP contribution in [0, 0.1) is 18.3 Å². The van der Waals surface area contributed by atoms with E-state index in [2.05, 4.69) is 10.9 Å². The monoisotopic (exact) mass is 232 g/mol. The summed E-state index contributed by atoms with van der Waals surface area (Å²) < 4.78 is 1.36. The SMILES string of the molecule is C#Cc1cn([C@@H]2C=CC[C@@H]2CO)c(=O)[nH]c1=O. The Morgan fingerprint density at radius 2 is 2.35 bits per heavy atom. The maximum atomic E-state index is 11.7. The predicted molar refractivity (Wildman–Crippen MR) is 62.6 cm³/mol. The molecule has 5 nitrogen and oxygen atoms in total. The van der Waals surface area contributed by atoms with E-state index in [0.717, 1.165) is 0 Å². The van der Waals surface area contributed by atoms with Gasteiger partial charge in [-0.2, -0.15) is 0 Å². The van der Waals surface area contributed by atoms with Gasteiger partial charge in [0.2, 0.25) is 0 Å². The number of aliphatic hydroxyl groups excluding tert-OH is 1. The van der Waals surface area contributed by atoms with Crippen molar-refractivity contribution in [2.24, 2.45) is 5.92 Å². The predicted octanol–water partition coefficient (Wildman–Crippen LogP) is -0.373. The molecule has 0 aromatic carbocycles. The average molecular weight is 232 g/mol. The van der Waals surface area contributed by atoms with E-state index in [9.17, 15) is 14.7 Å². The number of aliphatic hydroxyl groups is 1. The molecule has 1 aromatic rings. The highest BCUT2D eigenvalue weighted by molar-refractivity contribution is 5.26. The third kappa shape index (κ3) is 1.95. The first-order chi connectivity index (χ1) is 8.17. The molecule has 1 aliphatic carbocycles. The topological polar surface area (TPSA) is 75.1 Å². The second-order valence-corrected chi connectivity index (χ2v) is 3.95. The molecular formula is C12H12N2O3. The first-order valence-corrected chi connectivity index (χ1v) is 5.27. The van der Waals surface area contributed by atoms with Crippen LogP contribution < -0.4 is 11.2 Å². The Kier molecular flexibility index (Phi) is 2.98. The standard InChI is InChI=1S/C12H12N2O3/c1-2-8-6-14(12(17)13-11(8)16)10-5-3-4-9(10)7-15/h1,3,5-6,9-10,15H,4,7H2,(H,13,16,17)/t9-,10-/m1/s1. The van der Waals surface area contributed by atoms with E-state index >= 15 is 0 Å². The Hall–Kier alpha value is -2.06. The quantitative estimate of drug-likeness (QED) is 0.539. The van der Waals surface area contributed by atoms with Crippen molar-refractivity contribution >= 4 is 0 Å². The minimum Gasteiger partial charge on any atom is -0.396 e. The number of hydrogen-bond donors (Lipinski definition) is 2. The zero-order valence-corrected chi connectivity index (χ0v) is 9.09. The van der Waals surface area contributed by atoms with Gasteiger partial charge < -0.3 is 5.11 Å². The van der Waals surface area contributed by atoms with Gasteiger partial charge in [-0.25, -0.2) is 4.79 Å². The molecule has 2 atom stereocenters. The van der Waals surface area contributed by atoms with Crippen LogP contribution in [0.3, 0.4) is 0 Å². The summed E-state index contributed by atoms with van der Waals surface area (Å²) in [5.74, 6) is 2.18. The summed E-state index contributed by atoms with van der Waals surface area (Å²) in [6, 6.07) is -0.253. The molecule has 88 valence electrons. The van der Waals surface area contributed by atoms with Crippen molar-refractivity contribution in [3.05, 3.63) is 44.8 Å². The Labute approximate surface area is 97.4 Å². The van der Waals surface area contributed by atoms with E-state index in [1.165, 1.54) is 10.8 Å². The highest BCUT2D eigenvalue weighted by Gasteiger charge is 2.24. The maximum absolute atomic E-state index is 11.7. The minimum absolute atomic E-state index is 0.0192. The summed E-state index contributed by atoms with van der Waals surface area (Å²) >= 11 is 0. The molecule has 5 heteroatoms. The first-order valence-electron chi connectivity index (χ1n) is 5.27. The van der Waals surface area contributed by atoms with E-state index in [-0.39, 0.29) is 24.1 Å². The van der Waals surface area contributed by atoms with Gasteiger partial charge in [0.05, 0.1) is 6.04 Å². The third-order valence-electron chi connectivity index (χ3n) is 2.93. The lowest BCUT2D eigenvalue weighted by Crippen LogP contribution is -2.35. The fraction of sp³-hybridized carbons (Fsp3) is 0.333. The highest BCUT2D eigenvalue weighted by atomic mass is 16.3. The second kappa shape index (κ2) is 4.44. The maximum Gasteiger partial charge on any atom is 0.328 e. The molecule has 0 bridgehead atoms. The van der Waals surface area contributed by atoms with Gasteiger partial charge in [-0.15, -0.1) is 6.42 Å². The summed E-state index contributed by atoms with van der Waals surface area (Å²) in [5.41, 5.74) is -0.957. The van der Waals surface area contributed by atoms with Crippen LogP contribution >= 0.6 is 0 Å². The van der Waals surface area contributed by atoms with Crippen molar-refractivity contribution in [3.63, 3.8) is 0 Å². The van der Waals surface area contributed by atoms with Crippen LogP contribution in [0.4, 0.5) is 0 Å². The number of aromatic nitrogens is 2. The number of H-pyrrole nitrogens is 1. The molecule has 0 fully saturated rings. The fourth-order valence-corrected chi connectivity index (χ4v) is 2.00. The summed E-state index contributed by atoms with van der Waals surface area (Å²) in [7, 11) is 0. The number of aromatic amines is 1. The molecule has 0 spiro atoms. The Balaban J connectivity index is 2.53. The van der Waals surface area contributed by atoms with E-state index < -0.39 is 11.2 Å². The lowest BCUT2D eigenvalue weighted by Gasteiger charge is -2.19. The lowest BCUT2D eigenvalue weighted by atomic mass is 10.0. The van der Waals surface area contributed by atoms with Crippen molar-refractivity contribution in [2.45, 2.75) is 12.5 Å². The number of rotatable bonds is 2. The minimum atomic E-state index is -0.559. The van der Waals surface area contributed by atoms with Gasteiger partial charge in [-0.05, 0) is 6.42 Å². The van der Waals surface area contributed by atoms with Crippen LogP contribution in [0.1, 0.15) is 18.0 Å². The highest BCUT2D eigenvalue weighted by Crippen LogP contribution is 2.27. The summed E-state index contributed by atoms with van der Waals surface area (Å²) in [6.07, 6.45) is 11.0. The number of allylic oxidation sites excluding steroid dienone is 2. The van der Waals surface area contributed by atoms with Gasteiger partial charge in [0.15, 0.2) is 0 Å². The van der Waals surface area contributed by atoms with E-state index in [1.54, 1.807) is 0 Å². The van der Waals surface area contributed by atoms with Gasteiger partial charge in [0, 0.05) is 18.7 Å². The number of nitrogens with one attached hydrogen (secondary N) is 1. The molecule has 17 heavy (non-hydrogen) atoms. The smallest absolute Gasteiger partial charge is 0.328 e. The normalized spacial score (nSPS) is 22.6. The van der Waals surface area contributed by atoms with Crippen LogP contribution in [0.15, 0.2) is 27.9 Å². The van der Waals surface area contributed by atoms with E-state index in [4.69, 9.17) is 6.42 Å².